The van der Waals surface area contributed by atoms with Crippen LogP contribution in [-0.2, 0) is 0 Å². The van der Waals surface area contributed by atoms with E-state index in [0.717, 1.165) is 11.3 Å². The van der Waals surface area contributed by atoms with Crippen LogP contribution in [0.2, 0.25) is 0 Å². The molecule has 0 heterocycles. The molecule has 3 nitrogen and oxygen atoms in total. The molecule has 1 aromatic rings. The smallest absolute Gasteiger partial charge is 0.318 e. The van der Waals surface area contributed by atoms with E-state index in [-0.39, 0.29) is 6.03 Å². The normalized spacial score (nSPS) is 9.00. The second-order valence-corrected chi connectivity index (χ2v) is 2.50. The van der Waals surface area contributed by atoms with Crippen molar-refractivity contribution in [3.63, 3.8) is 0 Å². The molecule has 0 aliphatic heterocycles. The van der Waals surface area contributed by atoms with Crippen LogP contribution in [0.4, 0.5) is 10.5 Å². The molecule has 0 aliphatic rings. The third-order valence-corrected chi connectivity index (χ3v) is 1.66. The lowest BCUT2D eigenvalue weighted by Gasteiger charge is -2.06. The fourth-order valence-electron chi connectivity index (χ4n) is 0.974. The fraction of sp³-hybridized carbons (Fsp3) is 0.100. The summed E-state index contributed by atoms with van der Waals surface area (Å²) in [5.74, 6) is 0. The van der Waals surface area contributed by atoms with E-state index in [4.69, 9.17) is 0 Å². The quantitative estimate of drug-likeness (QED) is 0.711. The summed E-state index contributed by atoms with van der Waals surface area (Å²) in [6.45, 7) is 3.65. The first-order valence-electron chi connectivity index (χ1n) is 3.98. The topological polar surface area (TPSA) is 41.1 Å². The molecule has 0 saturated carbocycles. The molecule has 1 aromatic carbocycles. The second kappa shape index (κ2) is 4.30. The Balaban J connectivity index is 2.87. The summed E-state index contributed by atoms with van der Waals surface area (Å²) in [5, 5.41) is 5.17. The van der Waals surface area contributed by atoms with Gasteiger partial charge in [-0.05, 0) is 11.6 Å². The van der Waals surface area contributed by atoms with E-state index in [1.807, 2.05) is 24.3 Å². The highest BCUT2D eigenvalue weighted by Gasteiger charge is 2.00. The standard InChI is InChI=1S/C10H12N2O/c1-3-8-6-4-5-7-9(8)12-10(13)11-2/h3-7H,1H2,2H3,(H2,11,12,13). The first-order chi connectivity index (χ1) is 6.27. The van der Waals surface area contributed by atoms with Gasteiger partial charge in [0.2, 0.25) is 0 Å². The number of para-hydroxylation sites is 1. The Bertz CT molecular complexity index is 320. The molecular formula is C10H12N2O. The number of anilines is 1. The fourth-order valence-corrected chi connectivity index (χ4v) is 0.974. The van der Waals surface area contributed by atoms with E-state index in [2.05, 4.69) is 17.2 Å². The number of hydrogen-bond donors (Lipinski definition) is 2. The van der Waals surface area contributed by atoms with Gasteiger partial charge in [-0.15, -0.1) is 0 Å². The van der Waals surface area contributed by atoms with Crippen molar-refractivity contribution in [1.82, 2.24) is 5.32 Å². The second-order valence-electron chi connectivity index (χ2n) is 2.50. The van der Waals surface area contributed by atoms with Gasteiger partial charge >= 0.3 is 6.03 Å². The minimum atomic E-state index is -0.227. The zero-order valence-corrected chi connectivity index (χ0v) is 7.50. The maximum absolute atomic E-state index is 11.0. The van der Waals surface area contributed by atoms with Crippen molar-refractivity contribution in [2.24, 2.45) is 0 Å². The van der Waals surface area contributed by atoms with E-state index in [1.165, 1.54) is 0 Å². The van der Waals surface area contributed by atoms with E-state index in [1.54, 1.807) is 13.1 Å². The first kappa shape index (κ1) is 9.32. The molecule has 1 rings (SSSR count). The predicted molar refractivity (Wildman–Crippen MR) is 54.6 cm³/mol. The van der Waals surface area contributed by atoms with Crippen molar-refractivity contribution in [2.75, 3.05) is 12.4 Å². The molecule has 0 spiro atoms. The molecule has 0 saturated heterocycles. The van der Waals surface area contributed by atoms with Gasteiger partial charge in [0, 0.05) is 12.7 Å². The predicted octanol–water partition coefficient (Wildman–Crippen LogP) is 2.08. The Morgan fingerprint density at radius 1 is 1.46 bits per heavy atom. The minimum absolute atomic E-state index is 0.227. The van der Waals surface area contributed by atoms with Crippen LogP contribution >= 0.6 is 0 Å². The molecule has 0 atom stereocenters. The van der Waals surface area contributed by atoms with E-state index >= 15 is 0 Å². The number of carbonyl (C=O) groups is 1. The zero-order chi connectivity index (χ0) is 9.68. The van der Waals surface area contributed by atoms with Crippen LogP contribution in [0.1, 0.15) is 5.56 Å². The molecule has 2 N–H and O–H groups in total. The SMILES string of the molecule is C=Cc1ccccc1NC(=O)NC. The van der Waals surface area contributed by atoms with Gasteiger partial charge in [0.15, 0.2) is 0 Å². The van der Waals surface area contributed by atoms with Gasteiger partial charge in [-0.2, -0.15) is 0 Å². The molecule has 0 unspecified atom stereocenters. The van der Waals surface area contributed by atoms with Crippen LogP contribution in [0.25, 0.3) is 6.08 Å². The Hall–Kier alpha value is -1.77. The average Bonchev–Trinajstić information content (AvgIpc) is 2.18. The molecule has 0 fully saturated rings. The molecule has 0 radical (unpaired) electrons. The molecule has 3 heteroatoms. The summed E-state index contributed by atoms with van der Waals surface area (Å²) in [5.41, 5.74) is 1.67. The van der Waals surface area contributed by atoms with Crippen LogP contribution in [0, 0.1) is 0 Å². The first-order valence-corrected chi connectivity index (χ1v) is 3.98. The summed E-state index contributed by atoms with van der Waals surface area (Å²) in [4.78, 5) is 11.0. The summed E-state index contributed by atoms with van der Waals surface area (Å²) in [7, 11) is 1.58. The number of nitrogens with one attached hydrogen (secondary N) is 2. The largest absolute Gasteiger partial charge is 0.341 e. The number of urea groups is 1. The van der Waals surface area contributed by atoms with E-state index in [0.29, 0.717) is 0 Å². The van der Waals surface area contributed by atoms with Crippen LogP contribution in [0.15, 0.2) is 30.8 Å². The van der Waals surface area contributed by atoms with Crippen LogP contribution in [0.3, 0.4) is 0 Å². The number of carbonyl (C=O) groups excluding carboxylic acids is 1. The third-order valence-electron chi connectivity index (χ3n) is 1.66. The molecule has 0 aromatic heterocycles. The van der Waals surface area contributed by atoms with Crippen molar-refractivity contribution < 1.29 is 4.79 Å². The van der Waals surface area contributed by atoms with Gasteiger partial charge in [-0.1, -0.05) is 30.9 Å². The zero-order valence-electron chi connectivity index (χ0n) is 7.50. The highest BCUT2D eigenvalue weighted by atomic mass is 16.2. The van der Waals surface area contributed by atoms with Crippen molar-refractivity contribution in [3.8, 4) is 0 Å². The maximum Gasteiger partial charge on any atom is 0.318 e. The number of amides is 2. The Morgan fingerprint density at radius 2 is 2.15 bits per heavy atom. The van der Waals surface area contributed by atoms with Gasteiger partial charge in [0.05, 0.1) is 0 Å². The molecular weight excluding hydrogens is 164 g/mol. The monoisotopic (exact) mass is 176 g/mol. The number of benzene rings is 1. The van der Waals surface area contributed by atoms with Gasteiger partial charge in [-0.25, -0.2) is 4.79 Å². The van der Waals surface area contributed by atoms with Crippen molar-refractivity contribution in [2.45, 2.75) is 0 Å². The van der Waals surface area contributed by atoms with Crippen molar-refractivity contribution >= 4 is 17.8 Å². The van der Waals surface area contributed by atoms with Gasteiger partial charge < -0.3 is 10.6 Å². The number of rotatable bonds is 2. The highest BCUT2D eigenvalue weighted by Crippen LogP contribution is 2.15. The van der Waals surface area contributed by atoms with Gasteiger partial charge in [0.25, 0.3) is 0 Å². The highest BCUT2D eigenvalue weighted by molar-refractivity contribution is 5.91. The third kappa shape index (κ3) is 2.33. The molecule has 2 amide bonds. The van der Waals surface area contributed by atoms with Gasteiger partial charge in [0.1, 0.15) is 0 Å². The lowest BCUT2D eigenvalue weighted by molar-refractivity contribution is 0.254. The summed E-state index contributed by atoms with van der Waals surface area (Å²) in [6.07, 6.45) is 1.70. The van der Waals surface area contributed by atoms with Crippen LogP contribution in [0.5, 0.6) is 0 Å². The number of hydrogen-bond acceptors (Lipinski definition) is 1. The lowest BCUT2D eigenvalue weighted by Crippen LogP contribution is -2.24. The lowest BCUT2D eigenvalue weighted by atomic mass is 10.2. The van der Waals surface area contributed by atoms with E-state index in [9.17, 15) is 4.79 Å². The Morgan fingerprint density at radius 3 is 2.77 bits per heavy atom. The average molecular weight is 176 g/mol. The van der Waals surface area contributed by atoms with Crippen molar-refractivity contribution in [1.29, 1.82) is 0 Å². The van der Waals surface area contributed by atoms with E-state index < -0.39 is 0 Å². The molecule has 0 bridgehead atoms. The molecule has 0 aliphatic carbocycles. The summed E-state index contributed by atoms with van der Waals surface area (Å²) < 4.78 is 0. The Kier molecular flexibility index (Phi) is 3.09. The Labute approximate surface area is 77.5 Å². The maximum atomic E-state index is 11.0. The molecule has 68 valence electrons. The van der Waals surface area contributed by atoms with Crippen LogP contribution in [-0.4, -0.2) is 13.1 Å². The van der Waals surface area contributed by atoms with Gasteiger partial charge in [-0.3, -0.25) is 0 Å². The van der Waals surface area contributed by atoms with Crippen molar-refractivity contribution in [3.05, 3.63) is 36.4 Å². The van der Waals surface area contributed by atoms with Crippen LogP contribution < -0.4 is 10.6 Å². The summed E-state index contributed by atoms with van der Waals surface area (Å²) in [6, 6.07) is 7.24. The minimum Gasteiger partial charge on any atom is -0.341 e. The molecule has 13 heavy (non-hydrogen) atoms. The summed E-state index contributed by atoms with van der Waals surface area (Å²) >= 11 is 0.